The van der Waals surface area contributed by atoms with Crippen LogP contribution >= 0.6 is 0 Å². The largest absolute Gasteiger partial charge is 0.309 e. The molecule has 0 bridgehead atoms. The summed E-state index contributed by atoms with van der Waals surface area (Å²) in [6.07, 6.45) is 2.43. The van der Waals surface area contributed by atoms with Crippen molar-refractivity contribution in [2.24, 2.45) is 5.41 Å². The van der Waals surface area contributed by atoms with Gasteiger partial charge in [-0.15, -0.1) is 0 Å². The summed E-state index contributed by atoms with van der Waals surface area (Å²) in [5, 5.41) is 0. The van der Waals surface area contributed by atoms with E-state index in [2.05, 4.69) is 25.7 Å². The van der Waals surface area contributed by atoms with E-state index in [1.165, 1.54) is 0 Å². The van der Waals surface area contributed by atoms with Crippen molar-refractivity contribution < 1.29 is 4.79 Å². The van der Waals surface area contributed by atoms with E-state index in [0.717, 1.165) is 19.4 Å². The lowest BCUT2D eigenvalue weighted by Gasteiger charge is -2.17. The van der Waals surface area contributed by atoms with E-state index in [9.17, 15) is 4.79 Å². The fraction of sp³-hybridized carbons (Fsp3) is 0.909. The molecular weight excluding hydrogens is 162 g/mol. The third kappa shape index (κ3) is 9.54. The molecule has 0 saturated carbocycles. The lowest BCUT2D eigenvalue weighted by Crippen LogP contribution is -2.17. The third-order valence-electron chi connectivity index (χ3n) is 1.99. The highest BCUT2D eigenvalue weighted by atomic mass is 16.1. The molecule has 0 heterocycles. The molecule has 0 radical (unpaired) electrons. The normalized spacial score (nSPS) is 12.2. The van der Waals surface area contributed by atoms with Crippen LogP contribution in [0.3, 0.4) is 0 Å². The molecule has 0 N–H and O–H groups in total. The lowest BCUT2D eigenvalue weighted by molar-refractivity contribution is -0.119. The molecule has 0 saturated heterocycles. The summed E-state index contributed by atoms with van der Waals surface area (Å²) in [6.45, 7) is 7.40. The highest BCUT2D eigenvalue weighted by Crippen LogP contribution is 2.20. The summed E-state index contributed by atoms with van der Waals surface area (Å²) in [4.78, 5) is 13.4. The zero-order valence-corrected chi connectivity index (χ0v) is 9.68. The summed E-state index contributed by atoms with van der Waals surface area (Å²) in [7, 11) is 3.99. The monoisotopic (exact) mass is 185 g/mol. The molecule has 0 aromatic carbocycles. The Balaban J connectivity index is 3.53. The van der Waals surface area contributed by atoms with Crippen molar-refractivity contribution >= 4 is 5.78 Å². The summed E-state index contributed by atoms with van der Waals surface area (Å²) in [5.74, 6) is 0.392. The molecule has 0 unspecified atom stereocenters. The smallest absolute Gasteiger partial charge is 0.134 e. The number of ketones is 1. The number of rotatable bonds is 5. The maximum atomic E-state index is 11.4. The van der Waals surface area contributed by atoms with Crippen LogP contribution in [0.4, 0.5) is 0 Å². The second kappa shape index (κ2) is 5.38. The van der Waals surface area contributed by atoms with Gasteiger partial charge in [-0.3, -0.25) is 4.79 Å². The molecule has 2 heteroatoms. The first kappa shape index (κ1) is 12.6. The summed E-state index contributed by atoms with van der Waals surface area (Å²) in [6, 6.07) is 0. The number of Topliss-reactive ketones (excluding diaryl/α,β-unsaturated/α-hetero) is 1. The van der Waals surface area contributed by atoms with E-state index < -0.39 is 0 Å². The summed E-state index contributed by atoms with van der Waals surface area (Å²) in [5.41, 5.74) is 0.285. The van der Waals surface area contributed by atoms with Gasteiger partial charge in [0.05, 0.1) is 0 Å². The van der Waals surface area contributed by atoms with Gasteiger partial charge in [0.1, 0.15) is 5.78 Å². The second-order valence-electron chi connectivity index (χ2n) is 5.15. The molecule has 2 nitrogen and oxygen atoms in total. The van der Waals surface area contributed by atoms with Crippen molar-refractivity contribution in [1.82, 2.24) is 4.90 Å². The van der Waals surface area contributed by atoms with Gasteiger partial charge in [0.15, 0.2) is 0 Å². The van der Waals surface area contributed by atoms with Crippen LogP contribution in [0.5, 0.6) is 0 Å². The minimum absolute atomic E-state index is 0.285. The Labute approximate surface area is 82.3 Å². The van der Waals surface area contributed by atoms with Crippen molar-refractivity contribution in [2.75, 3.05) is 20.6 Å². The lowest BCUT2D eigenvalue weighted by atomic mass is 9.89. The van der Waals surface area contributed by atoms with Crippen LogP contribution in [0.2, 0.25) is 0 Å². The van der Waals surface area contributed by atoms with Crippen LogP contribution in [-0.2, 0) is 4.79 Å². The number of nitrogens with zero attached hydrogens (tertiary/aromatic N) is 1. The summed E-state index contributed by atoms with van der Waals surface area (Å²) >= 11 is 0. The van der Waals surface area contributed by atoms with Crippen LogP contribution in [0.15, 0.2) is 0 Å². The number of carbonyl (C=O) groups is 1. The van der Waals surface area contributed by atoms with Crippen LogP contribution in [0.1, 0.15) is 40.0 Å². The quantitative estimate of drug-likeness (QED) is 0.655. The maximum absolute atomic E-state index is 11.4. The molecule has 13 heavy (non-hydrogen) atoms. The Kier molecular flexibility index (Phi) is 5.23. The first-order chi connectivity index (χ1) is 5.81. The maximum Gasteiger partial charge on any atom is 0.134 e. The molecule has 0 amide bonds. The van der Waals surface area contributed by atoms with E-state index >= 15 is 0 Å². The van der Waals surface area contributed by atoms with Gasteiger partial charge >= 0.3 is 0 Å². The molecule has 0 rings (SSSR count). The molecule has 0 atom stereocenters. The van der Waals surface area contributed by atoms with Gasteiger partial charge in [-0.25, -0.2) is 0 Å². The Hall–Kier alpha value is -0.370. The van der Waals surface area contributed by atoms with Gasteiger partial charge in [0.25, 0.3) is 0 Å². The minimum Gasteiger partial charge on any atom is -0.309 e. The zero-order valence-electron chi connectivity index (χ0n) is 9.68. The first-order valence-electron chi connectivity index (χ1n) is 4.98. The van der Waals surface area contributed by atoms with Gasteiger partial charge in [-0.05, 0) is 25.9 Å². The number of hydrogen-bond acceptors (Lipinski definition) is 2. The fourth-order valence-electron chi connectivity index (χ4n) is 0.988. The minimum atomic E-state index is 0.285. The number of carbonyl (C=O) groups excluding carboxylic acids is 1. The predicted molar refractivity (Wildman–Crippen MR) is 56.9 cm³/mol. The van der Waals surface area contributed by atoms with E-state index in [1.807, 2.05) is 14.1 Å². The fourth-order valence-corrected chi connectivity index (χ4v) is 0.988. The topological polar surface area (TPSA) is 20.3 Å². The van der Waals surface area contributed by atoms with Crippen molar-refractivity contribution in [2.45, 2.75) is 40.0 Å². The Morgan fingerprint density at radius 1 is 1.15 bits per heavy atom. The molecule has 0 fully saturated rings. The van der Waals surface area contributed by atoms with Gasteiger partial charge in [0.2, 0.25) is 0 Å². The molecule has 0 aromatic rings. The van der Waals surface area contributed by atoms with E-state index in [-0.39, 0.29) is 5.41 Å². The van der Waals surface area contributed by atoms with Crippen LogP contribution in [-0.4, -0.2) is 31.3 Å². The predicted octanol–water partition coefficient (Wildman–Crippen LogP) is 2.33. The molecule has 0 aliphatic rings. The average molecular weight is 185 g/mol. The van der Waals surface area contributed by atoms with Gasteiger partial charge in [-0.2, -0.15) is 0 Å². The Bertz CT molecular complexity index is 156. The van der Waals surface area contributed by atoms with Gasteiger partial charge in [0, 0.05) is 19.4 Å². The average Bonchev–Trinajstić information content (AvgIpc) is 1.95. The van der Waals surface area contributed by atoms with Crippen LogP contribution in [0, 0.1) is 5.41 Å². The van der Waals surface area contributed by atoms with Crippen molar-refractivity contribution in [1.29, 1.82) is 0 Å². The highest BCUT2D eigenvalue weighted by Gasteiger charge is 2.12. The van der Waals surface area contributed by atoms with Crippen molar-refractivity contribution in [3.8, 4) is 0 Å². The first-order valence-corrected chi connectivity index (χ1v) is 4.98. The van der Waals surface area contributed by atoms with Gasteiger partial charge < -0.3 is 4.90 Å². The van der Waals surface area contributed by atoms with Crippen LogP contribution in [0.25, 0.3) is 0 Å². The van der Waals surface area contributed by atoms with E-state index in [1.54, 1.807) is 0 Å². The highest BCUT2D eigenvalue weighted by molar-refractivity contribution is 5.78. The SMILES string of the molecule is CN(C)CCC(=O)CCC(C)(C)C. The summed E-state index contributed by atoms with van der Waals surface area (Å²) < 4.78 is 0. The van der Waals surface area contributed by atoms with Crippen molar-refractivity contribution in [3.63, 3.8) is 0 Å². The Morgan fingerprint density at radius 3 is 2.08 bits per heavy atom. The third-order valence-corrected chi connectivity index (χ3v) is 1.99. The van der Waals surface area contributed by atoms with E-state index in [4.69, 9.17) is 0 Å². The zero-order chi connectivity index (χ0) is 10.5. The molecule has 0 spiro atoms. The number of hydrogen-bond donors (Lipinski definition) is 0. The molecule has 0 aliphatic heterocycles. The molecule has 78 valence electrons. The second-order valence-corrected chi connectivity index (χ2v) is 5.15. The molecular formula is C11H23NO. The molecule has 0 aromatic heterocycles. The van der Waals surface area contributed by atoms with Crippen LogP contribution < -0.4 is 0 Å². The Morgan fingerprint density at radius 2 is 1.69 bits per heavy atom. The van der Waals surface area contributed by atoms with Gasteiger partial charge in [-0.1, -0.05) is 20.8 Å². The van der Waals surface area contributed by atoms with Crippen molar-refractivity contribution in [3.05, 3.63) is 0 Å². The molecule has 0 aliphatic carbocycles. The van der Waals surface area contributed by atoms with E-state index in [0.29, 0.717) is 12.2 Å². The standard InChI is InChI=1S/C11H23NO/c1-11(2,3)8-6-10(13)7-9-12(4)5/h6-9H2,1-5H3.